The van der Waals surface area contributed by atoms with Crippen molar-refractivity contribution >= 4 is 5.96 Å². The topological polar surface area (TPSA) is 58.1 Å². The van der Waals surface area contributed by atoms with Crippen LogP contribution in [0.5, 0.6) is 11.5 Å². The third-order valence-corrected chi connectivity index (χ3v) is 5.75. The Morgan fingerprint density at radius 2 is 1.81 bits per heavy atom. The van der Waals surface area contributed by atoms with Crippen molar-refractivity contribution in [2.75, 3.05) is 40.9 Å². The van der Waals surface area contributed by atoms with Gasteiger partial charge < -0.3 is 20.1 Å². The Morgan fingerprint density at radius 1 is 1.06 bits per heavy atom. The third kappa shape index (κ3) is 6.59. The van der Waals surface area contributed by atoms with Crippen LogP contribution in [0.4, 0.5) is 4.39 Å². The lowest BCUT2D eigenvalue weighted by atomic mass is 9.96. The lowest BCUT2D eigenvalue weighted by molar-refractivity contribution is 0.176. The number of hydrogen-bond donors (Lipinski definition) is 2. The maximum absolute atomic E-state index is 13.9. The fourth-order valence-electron chi connectivity index (χ4n) is 3.85. The van der Waals surface area contributed by atoms with Gasteiger partial charge in [0.15, 0.2) is 17.5 Å². The van der Waals surface area contributed by atoms with Crippen molar-refractivity contribution < 1.29 is 13.9 Å². The monoisotopic (exact) mass is 428 g/mol. The Kier molecular flexibility index (Phi) is 8.53. The number of benzene rings is 2. The first kappa shape index (κ1) is 22.9. The molecule has 0 spiro atoms. The van der Waals surface area contributed by atoms with E-state index in [0.29, 0.717) is 24.8 Å². The molecule has 0 aromatic heterocycles. The Hall–Kier alpha value is -2.80. The molecule has 2 aromatic carbocycles. The van der Waals surface area contributed by atoms with Crippen LogP contribution < -0.4 is 20.1 Å². The van der Waals surface area contributed by atoms with E-state index in [9.17, 15) is 4.39 Å². The first-order chi connectivity index (χ1) is 15.1. The fourth-order valence-corrected chi connectivity index (χ4v) is 3.85. The molecule has 0 unspecified atom stereocenters. The molecule has 31 heavy (non-hydrogen) atoms. The minimum atomic E-state index is -0.115. The van der Waals surface area contributed by atoms with E-state index < -0.39 is 0 Å². The van der Waals surface area contributed by atoms with Gasteiger partial charge in [0.05, 0.1) is 14.2 Å². The fraction of sp³-hybridized carbons (Fsp3) is 0.458. The summed E-state index contributed by atoms with van der Waals surface area (Å²) in [5, 5.41) is 6.79. The average Bonchev–Trinajstić information content (AvgIpc) is 2.81. The predicted molar refractivity (Wildman–Crippen MR) is 122 cm³/mol. The molecule has 2 N–H and O–H groups in total. The smallest absolute Gasteiger partial charge is 0.191 e. The molecule has 0 bridgehead atoms. The van der Waals surface area contributed by atoms with Crippen LogP contribution in [0.1, 0.15) is 24.0 Å². The van der Waals surface area contributed by atoms with E-state index in [-0.39, 0.29) is 5.82 Å². The van der Waals surface area contributed by atoms with Crippen molar-refractivity contribution in [3.8, 4) is 11.5 Å². The van der Waals surface area contributed by atoms with Crippen LogP contribution in [0.3, 0.4) is 0 Å². The number of nitrogens with one attached hydrogen (secondary N) is 2. The third-order valence-electron chi connectivity index (χ3n) is 5.75. The molecule has 168 valence electrons. The summed E-state index contributed by atoms with van der Waals surface area (Å²) in [7, 11) is 5.05. The van der Waals surface area contributed by atoms with Gasteiger partial charge >= 0.3 is 0 Å². The number of methoxy groups -OCH3 is 2. The van der Waals surface area contributed by atoms with Gasteiger partial charge in [-0.2, -0.15) is 0 Å². The van der Waals surface area contributed by atoms with Crippen LogP contribution in [-0.4, -0.2) is 51.8 Å². The highest BCUT2D eigenvalue weighted by Crippen LogP contribution is 2.27. The number of rotatable bonds is 8. The van der Waals surface area contributed by atoms with Gasteiger partial charge in [0.2, 0.25) is 0 Å². The van der Waals surface area contributed by atoms with Gasteiger partial charge in [-0.3, -0.25) is 9.89 Å². The zero-order chi connectivity index (χ0) is 22.1. The van der Waals surface area contributed by atoms with Crippen LogP contribution in [0.25, 0.3) is 0 Å². The lowest BCUT2D eigenvalue weighted by Gasteiger charge is -2.32. The molecule has 2 aromatic rings. The summed E-state index contributed by atoms with van der Waals surface area (Å²) in [4.78, 5) is 6.66. The SMILES string of the molecule is CN=C(NCc1ccc(OC)c(OC)c1)NCC1CCN(Cc2ccccc2F)CC1. The van der Waals surface area contributed by atoms with Crippen LogP contribution >= 0.6 is 0 Å². The highest BCUT2D eigenvalue weighted by atomic mass is 19.1. The number of halogens is 1. The normalized spacial score (nSPS) is 15.5. The first-order valence-corrected chi connectivity index (χ1v) is 10.7. The molecule has 3 rings (SSSR count). The molecule has 1 aliphatic rings. The second-order valence-corrected chi connectivity index (χ2v) is 7.81. The van der Waals surface area contributed by atoms with Crippen molar-refractivity contribution in [1.29, 1.82) is 0 Å². The van der Waals surface area contributed by atoms with Crippen LogP contribution in [0.15, 0.2) is 47.5 Å². The van der Waals surface area contributed by atoms with E-state index >= 15 is 0 Å². The molecular weight excluding hydrogens is 395 g/mol. The number of ether oxygens (including phenoxy) is 2. The van der Waals surface area contributed by atoms with Crippen LogP contribution in [-0.2, 0) is 13.1 Å². The Bertz CT molecular complexity index is 866. The highest BCUT2D eigenvalue weighted by Gasteiger charge is 2.20. The number of piperidine rings is 1. The van der Waals surface area contributed by atoms with Crippen molar-refractivity contribution in [1.82, 2.24) is 15.5 Å². The summed E-state index contributed by atoms with van der Waals surface area (Å²) in [6.07, 6.45) is 2.18. The maximum atomic E-state index is 13.9. The van der Waals surface area contributed by atoms with Gasteiger partial charge in [0.1, 0.15) is 5.82 Å². The number of nitrogens with zero attached hydrogens (tertiary/aromatic N) is 2. The summed E-state index contributed by atoms with van der Waals surface area (Å²) in [6.45, 7) is 4.17. The highest BCUT2D eigenvalue weighted by molar-refractivity contribution is 5.79. The molecule has 1 heterocycles. The van der Waals surface area contributed by atoms with Crippen molar-refractivity contribution in [2.24, 2.45) is 10.9 Å². The molecule has 0 radical (unpaired) electrons. The molecule has 0 saturated carbocycles. The van der Waals surface area contributed by atoms with Gasteiger partial charge in [-0.15, -0.1) is 0 Å². The molecule has 1 fully saturated rings. The minimum Gasteiger partial charge on any atom is -0.493 e. The Balaban J connectivity index is 1.41. The maximum Gasteiger partial charge on any atom is 0.191 e. The number of guanidine groups is 1. The Morgan fingerprint density at radius 3 is 2.48 bits per heavy atom. The summed E-state index contributed by atoms with van der Waals surface area (Å²) >= 11 is 0. The lowest BCUT2D eigenvalue weighted by Crippen LogP contribution is -2.42. The van der Waals surface area contributed by atoms with Crippen molar-refractivity contribution in [3.05, 3.63) is 59.4 Å². The van der Waals surface area contributed by atoms with Gasteiger partial charge in [-0.05, 0) is 55.6 Å². The number of hydrogen-bond acceptors (Lipinski definition) is 4. The molecule has 0 atom stereocenters. The van der Waals surface area contributed by atoms with Gasteiger partial charge in [-0.25, -0.2) is 4.39 Å². The molecule has 0 aliphatic carbocycles. The average molecular weight is 429 g/mol. The predicted octanol–water partition coefficient (Wildman–Crippen LogP) is 3.42. The van der Waals surface area contributed by atoms with E-state index in [1.807, 2.05) is 30.3 Å². The second-order valence-electron chi connectivity index (χ2n) is 7.81. The molecule has 7 heteroatoms. The summed E-state index contributed by atoms with van der Waals surface area (Å²) < 4.78 is 24.5. The van der Waals surface area contributed by atoms with E-state index in [1.54, 1.807) is 27.3 Å². The molecule has 1 aliphatic heterocycles. The van der Waals surface area contributed by atoms with Crippen molar-refractivity contribution in [2.45, 2.75) is 25.9 Å². The molecular formula is C24H33FN4O2. The molecule has 0 amide bonds. The second kappa shape index (κ2) is 11.6. The minimum absolute atomic E-state index is 0.115. The Labute approximate surface area is 184 Å². The standard InChI is InChI=1S/C24H33FN4O2/c1-26-24(28-16-19-8-9-22(30-2)23(14-19)31-3)27-15-18-10-12-29(13-11-18)17-20-6-4-5-7-21(20)25/h4-9,14,18H,10-13,15-17H2,1-3H3,(H2,26,27,28). The summed E-state index contributed by atoms with van der Waals surface area (Å²) in [5.41, 5.74) is 1.86. The van der Waals surface area contributed by atoms with E-state index in [4.69, 9.17) is 9.47 Å². The van der Waals surface area contributed by atoms with Crippen LogP contribution in [0.2, 0.25) is 0 Å². The van der Waals surface area contributed by atoms with Gasteiger partial charge in [0, 0.05) is 32.2 Å². The van der Waals surface area contributed by atoms with E-state index in [2.05, 4.69) is 20.5 Å². The van der Waals surface area contributed by atoms with E-state index in [1.165, 1.54) is 6.07 Å². The zero-order valence-electron chi connectivity index (χ0n) is 18.7. The number of likely N-dealkylation sites (tertiary alicyclic amines) is 1. The van der Waals surface area contributed by atoms with Gasteiger partial charge in [0.25, 0.3) is 0 Å². The summed E-state index contributed by atoms with van der Waals surface area (Å²) in [6, 6.07) is 12.9. The zero-order valence-corrected chi connectivity index (χ0v) is 18.7. The summed E-state index contributed by atoms with van der Waals surface area (Å²) in [5.74, 6) is 2.68. The van der Waals surface area contributed by atoms with Gasteiger partial charge in [-0.1, -0.05) is 24.3 Å². The van der Waals surface area contributed by atoms with Crippen LogP contribution in [0, 0.1) is 11.7 Å². The molecule has 1 saturated heterocycles. The first-order valence-electron chi connectivity index (χ1n) is 10.7. The quantitative estimate of drug-likeness (QED) is 0.498. The number of aliphatic imine (C=N–C) groups is 1. The van der Waals surface area contributed by atoms with Crippen molar-refractivity contribution in [3.63, 3.8) is 0 Å². The largest absolute Gasteiger partial charge is 0.493 e. The van der Waals surface area contributed by atoms with E-state index in [0.717, 1.165) is 55.3 Å². The molecule has 6 nitrogen and oxygen atoms in total.